The van der Waals surface area contributed by atoms with E-state index in [1.54, 1.807) is 12.1 Å². The molecule has 0 saturated carbocycles. The first kappa shape index (κ1) is 12.8. The average molecular weight is 244 g/mol. The van der Waals surface area contributed by atoms with Crippen LogP contribution in [0, 0.1) is 6.92 Å². The fourth-order valence-corrected chi connectivity index (χ4v) is 1.68. The van der Waals surface area contributed by atoms with Gasteiger partial charge in [0.25, 0.3) is 0 Å². The topological polar surface area (TPSA) is 72.5 Å². The lowest BCUT2D eigenvalue weighted by Crippen LogP contribution is -2.24. The molecule has 0 aliphatic heterocycles. The van der Waals surface area contributed by atoms with Crippen molar-refractivity contribution in [2.45, 2.75) is 19.4 Å². The molecule has 4 nitrogen and oxygen atoms in total. The van der Waals surface area contributed by atoms with Gasteiger partial charge in [0.1, 0.15) is 0 Å². The van der Waals surface area contributed by atoms with E-state index in [1.165, 1.54) is 7.11 Å². The molecule has 3 N–H and O–H groups in total. The molecule has 0 heterocycles. The summed E-state index contributed by atoms with van der Waals surface area (Å²) in [6.07, 6.45) is -1.02. The predicted octanol–water partition coefficient (Wildman–Crippen LogP) is 1.31. The predicted molar refractivity (Wildman–Crippen MR) is 62.3 cm³/mol. The molecule has 0 amide bonds. The standard InChI is InChI=1S/C11H14ClNO3/c1-6-3-7(4-8(12)10(6)13)5-9(14)11(15)16-2/h3-4,9,14H,5,13H2,1-2H3/t9-/m1/s1. The summed E-state index contributed by atoms with van der Waals surface area (Å²) in [6.45, 7) is 1.81. The second-order valence-electron chi connectivity index (χ2n) is 3.55. The van der Waals surface area contributed by atoms with Crippen molar-refractivity contribution in [3.05, 3.63) is 28.3 Å². The Labute approximate surface area is 99.0 Å². The molecule has 0 aliphatic rings. The summed E-state index contributed by atoms with van der Waals surface area (Å²) in [6, 6.07) is 3.42. The van der Waals surface area contributed by atoms with E-state index in [9.17, 15) is 9.90 Å². The minimum Gasteiger partial charge on any atom is -0.467 e. The number of anilines is 1. The number of methoxy groups -OCH3 is 1. The molecule has 16 heavy (non-hydrogen) atoms. The van der Waals surface area contributed by atoms with E-state index < -0.39 is 12.1 Å². The fourth-order valence-electron chi connectivity index (χ4n) is 1.39. The summed E-state index contributed by atoms with van der Waals surface area (Å²) in [7, 11) is 1.23. The normalized spacial score (nSPS) is 12.2. The van der Waals surface area contributed by atoms with Crippen molar-refractivity contribution in [1.82, 2.24) is 0 Å². The van der Waals surface area contributed by atoms with Crippen LogP contribution in [0.2, 0.25) is 5.02 Å². The SMILES string of the molecule is COC(=O)[C@H](O)Cc1cc(C)c(N)c(Cl)c1. The van der Waals surface area contributed by atoms with Crippen LogP contribution in [0.25, 0.3) is 0 Å². The highest BCUT2D eigenvalue weighted by molar-refractivity contribution is 6.33. The Hall–Kier alpha value is -1.26. The fraction of sp³-hybridized carbons (Fsp3) is 0.364. The molecule has 0 unspecified atom stereocenters. The second-order valence-corrected chi connectivity index (χ2v) is 3.96. The number of nitrogens with two attached hydrogens (primary N) is 1. The Morgan fingerprint density at radius 3 is 2.75 bits per heavy atom. The molecule has 0 aromatic heterocycles. The van der Waals surface area contributed by atoms with Crippen LogP contribution < -0.4 is 5.73 Å². The number of benzene rings is 1. The van der Waals surface area contributed by atoms with Gasteiger partial charge in [-0.2, -0.15) is 0 Å². The number of hydrogen-bond donors (Lipinski definition) is 2. The van der Waals surface area contributed by atoms with Gasteiger partial charge in [0.15, 0.2) is 6.10 Å². The molecular formula is C11H14ClNO3. The van der Waals surface area contributed by atoms with Crippen LogP contribution in [-0.2, 0) is 16.0 Å². The number of carbonyl (C=O) groups excluding carboxylic acids is 1. The first-order valence-corrected chi connectivity index (χ1v) is 5.14. The number of ether oxygens (including phenoxy) is 1. The molecule has 0 saturated heterocycles. The van der Waals surface area contributed by atoms with E-state index in [1.807, 2.05) is 6.92 Å². The molecule has 0 radical (unpaired) electrons. The van der Waals surface area contributed by atoms with Crippen molar-refractivity contribution in [2.75, 3.05) is 12.8 Å². The van der Waals surface area contributed by atoms with Gasteiger partial charge in [-0.05, 0) is 24.1 Å². The van der Waals surface area contributed by atoms with Gasteiger partial charge in [-0.15, -0.1) is 0 Å². The minimum atomic E-state index is -1.18. The maximum Gasteiger partial charge on any atom is 0.335 e. The lowest BCUT2D eigenvalue weighted by Gasteiger charge is -2.10. The third-order valence-electron chi connectivity index (χ3n) is 2.30. The molecule has 1 aromatic rings. The van der Waals surface area contributed by atoms with Crippen molar-refractivity contribution < 1.29 is 14.6 Å². The lowest BCUT2D eigenvalue weighted by atomic mass is 10.0. The van der Waals surface area contributed by atoms with Gasteiger partial charge in [0, 0.05) is 6.42 Å². The molecule has 1 rings (SSSR count). The maximum absolute atomic E-state index is 11.0. The number of aryl methyl sites for hydroxylation is 1. The minimum absolute atomic E-state index is 0.160. The molecule has 88 valence electrons. The van der Waals surface area contributed by atoms with E-state index in [4.69, 9.17) is 17.3 Å². The molecule has 1 aromatic carbocycles. The van der Waals surface area contributed by atoms with Gasteiger partial charge in [0.2, 0.25) is 0 Å². The Kier molecular flexibility index (Phi) is 4.15. The second kappa shape index (κ2) is 5.18. The lowest BCUT2D eigenvalue weighted by molar-refractivity contribution is -0.150. The number of aliphatic hydroxyl groups is 1. The summed E-state index contributed by atoms with van der Waals surface area (Å²) in [5.74, 6) is -0.661. The molecule has 0 aliphatic carbocycles. The Balaban J connectivity index is 2.86. The van der Waals surface area contributed by atoms with Gasteiger partial charge >= 0.3 is 5.97 Å². The molecule has 1 atom stereocenters. The summed E-state index contributed by atoms with van der Waals surface area (Å²) < 4.78 is 4.42. The van der Waals surface area contributed by atoms with Crippen molar-refractivity contribution in [3.63, 3.8) is 0 Å². The van der Waals surface area contributed by atoms with E-state index >= 15 is 0 Å². The zero-order chi connectivity index (χ0) is 12.3. The first-order valence-electron chi connectivity index (χ1n) is 4.76. The van der Waals surface area contributed by atoms with Gasteiger partial charge in [-0.1, -0.05) is 17.7 Å². The van der Waals surface area contributed by atoms with Crippen LogP contribution in [0.1, 0.15) is 11.1 Å². The molecule has 0 spiro atoms. The number of carbonyl (C=O) groups is 1. The Morgan fingerprint density at radius 2 is 2.25 bits per heavy atom. The van der Waals surface area contributed by atoms with Crippen molar-refractivity contribution in [1.29, 1.82) is 0 Å². The maximum atomic E-state index is 11.0. The number of esters is 1. The van der Waals surface area contributed by atoms with Crippen LogP contribution in [0.5, 0.6) is 0 Å². The third-order valence-corrected chi connectivity index (χ3v) is 2.61. The smallest absolute Gasteiger partial charge is 0.335 e. The van der Waals surface area contributed by atoms with Crippen molar-refractivity contribution in [3.8, 4) is 0 Å². The summed E-state index contributed by atoms with van der Waals surface area (Å²) >= 11 is 5.89. The van der Waals surface area contributed by atoms with Gasteiger partial charge in [0.05, 0.1) is 17.8 Å². The highest BCUT2D eigenvalue weighted by Crippen LogP contribution is 2.24. The summed E-state index contributed by atoms with van der Waals surface area (Å²) in [5.41, 5.74) is 7.76. The third kappa shape index (κ3) is 2.87. The number of hydrogen-bond acceptors (Lipinski definition) is 4. The quantitative estimate of drug-likeness (QED) is 0.620. The van der Waals surface area contributed by atoms with Crippen LogP contribution in [0.4, 0.5) is 5.69 Å². The Morgan fingerprint density at radius 1 is 1.62 bits per heavy atom. The van der Waals surface area contributed by atoms with E-state index in [0.717, 1.165) is 11.1 Å². The van der Waals surface area contributed by atoms with Gasteiger partial charge in [-0.3, -0.25) is 0 Å². The molecular weight excluding hydrogens is 230 g/mol. The Bertz CT molecular complexity index is 383. The summed E-state index contributed by atoms with van der Waals surface area (Å²) in [5, 5.41) is 9.90. The van der Waals surface area contributed by atoms with Crippen molar-refractivity contribution in [2.24, 2.45) is 0 Å². The average Bonchev–Trinajstić information content (AvgIpc) is 2.24. The largest absolute Gasteiger partial charge is 0.467 e. The molecule has 0 fully saturated rings. The van der Waals surface area contributed by atoms with E-state index in [-0.39, 0.29) is 6.42 Å². The monoisotopic (exact) mass is 243 g/mol. The first-order chi connectivity index (χ1) is 7.45. The number of halogens is 1. The zero-order valence-electron chi connectivity index (χ0n) is 9.16. The van der Waals surface area contributed by atoms with Crippen LogP contribution >= 0.6 is 11.6 Å². The van der Waals surface area contributed by atoms with E-state index in [2.05, 4.69) is 4.74 Å². The van der Waals surface area contributed by atoms with Gasteiger partial charge < -0.3 is 15.6 Å². The van der Waals surface area contributed by atoms with Gasteiger partial charge in [-0.25, -0.2) is 4.79 Å². The highest BCUT2D eigenvalue weighted by Gasteiger charge is 2.16. The highest BCUT2D eigenvalue weighted by atomic mass is 35.5. The summed E-state index contributed by atoms with van der Waals surface area (Å²) in [4.78, 5) is 11.0. The van der Waals surface area contributed by atoms with Crippen LogP contribution in [0.15, 0.2) is 12.1 Å². The van der Waals surface area contributed by atoms with E-state index in [0.29, 0.717) is 10.7 Å². The zero-order valence-corrected chi connectivity index (χ0v) is 9.91. The number of nitrogen functional groups attached to an aromatic ring is 1. The molecule has 0 bridgehead atoms. The van der Waals surface area contributed by atoms with Crippen LogP contribution in [0.3, 0.4) is 0 Å². The van der Waals surface area contributed by atoms with Crippen LogP contribution in [-0.4, -0.2) is 24.3 Å². The number of rotatable bonds is 3. The van der Waals surface area contributed by atoms with Crippen molar-refractivity contribution >= 4 is 23.3 Å². The number of aliphatic hydroxyl groups excluding tert-OH is 1. The molecule has 5 heteroatoms.